The van der Waals surface area contributed by atoms with Crippen LogP contribution in [0, 0.1) is 13.8 Å². The number of aromatic nitrogens is 4. The molecule has 0 aliphatic carbocycles. The Kier molecular flexibility index (Phi) is 3.48. The van der Waals surface area contributed by atoms with Crippen LogP contribution in [0.25, 0.3) is 15.9 Å². The van der Waals surface area contributed by atoms with Crippen LogP contribution in [-0.2, 0) is 0 Å². The first kappa shape index (κ1) is 16.0. The molecule has 4 heterocycles. The molecular formula is C19H16N6OS. The summed E-state index contributed by atoms with van der Waals surface area (Å²) in [5, 5.41) is 16.2. The molecule has 0 saturated heterocycles. The molecule has 3 aromatic heterocycles. The number of fused-ring (bicyclic) bond motifs is 3. The predicted octanol–water partition coefficient (Wildman–Crippen LogP) is 3.35. The zero-order chi connectivity index (χ0) is 18.5. The van der Waals surface area contributed by atoms with Gasteiger partial charge in [0.05, 0.1) is 17.6 Å². The molecular weight excluding hydrogens is 360 g/mol. The summed E-state index contributed by atoms with van der Waals surface area (Å²) in [5.41, 5.74) is 4.38. The first-order chi connectivity index (χ1) is 13.1. The minimum atomic E-state index is -0.444. The molecule has 0 spiro atoms. The van der Waals surface area contributed by atoms with Gasteiger partial charge in [0.2, 0.25) is 0 Å². The van der Waals surface area contributed by atoms with Gasteiger partial charge in [-0.15, -0.1) is 16.4 Å². The average Bonchev–Trinajstić information content (AvgIpc) is 3.27. The minimum absolute atomic E-state index is 0.122. The van der Waals surface area contributed by atoms with Crippen LogP contribution in [0.3, 0.4) is 0 Å². The van der Waals surface area contributed by atoms with Crippen molar-refractivity contribution in [2.24, 2.45) is 0 Å². The number of thiophene rings is 1. The number of rotatable bonds is 2. The van der Waals surface area contributed by atoms with Gasteiger partial charge in [-0.3, -0.25) is 4.79 Å². The third kappa shape index (κ3) is 2.57. The van der Waals surface area contributed by atoms with E-state index in [2.05, 4.69) is 25.8 Å². The summed E-state index contributed by atoms with van der Waals surface area (Å²) in [5.74, 6) is -0.122. The van der Waals surface area contributed by atoms with Crippen molar-refractivity contribution < 1.29 is 4.79 Å². The summed E-state index contributed by atoms with van der Waals surface area (Å²) in [6.07, 6.45) is 1.22. The van der Waals surface area contributed by atoms with E-state index in [1.807, 2.05) is 50.2 Å². The molecule has 4 aromatic rings. The molecule has 0 fully saturated rings. The van der Waals surface area contributed by atoms with E-state index < -0.39 is 6.17 Å². The number of amides is 1. The Labute approximate surface area is 159 Å². The maximum atomic E-state index is 12.7. The molecule has 5 rings (SSSR count). The summed E-state index contributed by atoms with van der Waals surface area (Å²) in [4.78, 5) is 20.3. The molecule has 1 amide bonds. The Balaban J connectivity index is 1.55. The van der Waals surface area contributed by atoms with Crippen molar-refractivity contribution in [3.8, 4) is 5.69 Å². The fourth-order valence-corrected chi connectivity index (χ4v) is 4.52. The summed E-state index contributed by atoms with van der Waals surface area (Å²) < 4.78 is 0. The van der Waals surface area contributed by atoms with E-state index in [1.165, 1.54) is 11.3 Å². The number of para-hydroxylation sites is 1. The molecule has 1 atom stereocenters. The van der Waals surface area contributed by atoms with E-state index in [-0.39, 0.29) is 5.91 Å². The fourth-order valence-electron chi connectivity index (χ4n) is 3.36. The fraction of sp³-hybridized carbons (Fsp3) is 0.158. The van der Waals surface area contributed by atoms with Gasteiger partial charge in [-0.1, -0.05) is 18.2 Å². The van der Waals surface area contributed by atoms with Crippen LogP contribution in [0.1, 0.15) is 32.8 Å². The molecule has 8 heteroatoms. The zero-order valence-corrected chi connectivity index (χ0v) is 15.5. The third-order valence-corrected chi connectivity index (χ3v) is 5.63. The Bertz CT molecular complexity index is 1180. The van der Waals surface area contributed by atoms with Crippen molar-refractivity contribution >= 4 is 33.1 Å². The number of anilines is 1. The van der Waals surface area contributed by atoms with E-state index in [0.717, 1.165) is 32.8 Å². The summed E-state index contributed by atoms with van der Waals surface area (Å²) >= 11 is 1.41. The molecule has 0 radical (unpaired) electrons. The smallest absolute Gasteiger partial charge is 0.265 e. The topological polar surface area (TPSA) is 84.7 Å². The number of aryl methyl sites for hydroxylation is 2. The highest BCUT2D eigenvalue weighted by atomic mass is 32.1. The van der Waals surface area contributed by atoms with E-state index >= 15 is 0 Å². The number of hydrogen-bond acceptors (Lipinski definition) is 6. The molecule has 0 bridgehead atoms. The third-order valence-electron chi connectivity index (χ3n) is 4.55. The van der Waals surface area contributed by atoms with E-state index in [1.54, 1.807) is 11.0 Å². The Morgan fingerprint density at radius 2 is 1.96 bits per heavy atom. The van der Waals surface area contributed by atoms with Gasteiger partial charge in [-0.25, -0.2) is 4.98 Å². The monoisotopic (exact) mass is 376 g/mol. The lowest BCUT2D eigenvalue weighted by Crippen LogP contribution is -2.37. The van der Waals surface area contributed by atoms with Crippen LogP contribution in [0.2, 0.25) is 0 Å². The van der Waals surface area contributed by atoms with Gasteiger partial charge in [-0.2, -0.15) is 9.90 Å². The van der Waals surface area contributed by atoms with Gasteiger partial charge >= 0.3 is 0 Å². The molecule has 1 aromatic carbocycles. The van der Waals surface area contributed by atoms with Crippen molar-refractivity contribution in [1.29, 1.82) is 0 Å². The molecule has 7 nitrogen and oxygen atoms in total. The van der Waals surface area contributed by atoms with Crippen molar-refractivity contribution in [3.63, 3.8) is 0 Å². The normalized spacial score (nSPS) is 16.1. The van der Waals surface area contributed by atoms with E-state index in [0.29, 0.717) is 10.6 Å². The second-order valence-corrected chi connectivity index (χ2v) is 7.51. The number of pyridine rings is 1. The van der Waals surface area contributed by atoms with Gasteiger partial charge in [0.1, 0.15) is 21.6 Å². The summed E-state index contributed by atoms with van der Waals surface area (Å²) in [6, 6.07) is 11.7. The minimum Gasteiger partial charge on any atom is -0.358 e. The number of nitrogens with one attached hydrogen (secondary N) is 2. The predicted molar refractivity (Wildman–Crippen MR) is 104 cm³/mol. The van der Waals surface area contributed by atoms with Gasteiger partial charge in [0, 0.05) is 11.1 Å². The van der Waals surface area contributed by atoms with Crippen molar-refractivity contribution in [1.82, 2.24) is 25.3 Å². The molecule has 27 heavy (non-hydrogen) atoms. The second kappa shape index (κ2) is 5.88. The van der Waals surface area contributed by atoms with Crippen LogP contribution < -0.4 is 10.6 Å². The standard InChI is InChI=1S/C19H16N6OS/c1-10-8-11(2)21-19-14(10)15-16(27-19)18(26)23-17(22-15)13-9-20-25(24-13)12-6-4-3-5-7-12/h3-9,17,22H,1-2H3,(H,23,26)/t17-/m0/s1. The average molecular weight is 376 g/mol. The van der Waals surface area contributed by atoms with Crippen LogP contribution in [0.5, 0.6) is 0 Å². The zero-order valence-electron chi connectivity index (χ0n) is 14.7. The lowest BCUT2D eigenvalue weighted by molar-refractivity contribution is 0.0939. The number of benzene rings is 1. The largest absolute Gasteiger partial charge is 0.358 e. The maximum absolute atomic E-state index is 12.7. The van der Waals surface area contributed by atoms with Crippen molar-refractivity contribution in [2.45, 2.75) is 20.0 Å². The van der Waals surface area contributed by atoms with Crippen LogP contribution in [0.4, 0.5) is 5.69 Å². The van der Waals surface area contributed by atoms with Crippen LogP contribution >= 0.6 is 11.3 Å². The molecule has 0 unspecified atom stereocenters. The first-order valence-electron chi connectivity index (χ1n) is 8.56. The van der Waals surface area contributed by atoms with E-state index in [4.69, 9.17) is 0 Å². The quantitative estimate of drug-likeness (QED) is 0.560. The molecule has 1 aliphatic heterocycles. The van der Waals surface area contributed by atoms with Crippen LogP contribution in [0.15, 0.2) is 42.6 Å². The van der Waals surface area contributed by atoms with Gasteiger partial charge in [0.25, 0.3) is 5.91 Å². The number of hydrogen-bond donors (Lipinski definition) is 2. The second-order valence-electron chi connectivity index (χ2n) is 6.51. The number of nitrogens with zero attached hydrogens (tertiary/aromatic N) is 4. The number of carbonyl (C=O) groups is 1. The first-order valence-corrected chi connectivity index (χ1v) is 9.37. The molecule has 0 saturated carbocycles. The van der Waals surface area contributed by atoms with Crippen molar-refractivity contribution in [2.75, 3.05) is 5.32 Å². The highest BCUT2D eigenvalue weighted by Gasteiger charge is 2.31. The SMILES string of the molecule is Cc1cc(C)c2c3c(sc2n1)C(=O)N[C@@H](c1cnn(-c2ccccc2)n1)N3. The summed E-state index contributed by atoms with van der Waals surface area (Å²) in [7, 11) is 0. The molecule has 1 aliphatic rings. The highest BCUT2D eigenvalue weighted by Crippen LogP contribution is 2.40. The van der Waals surface area contributed by atoms with Gasteiger partial charge in [0.15, 0.2) is 0 Å². The Morgan fingerprint density at radius 3 is 2.78 bits per heavy atom. The maximum Gasteiger partial charge on any atom is 0.265 e. The summed E-state index contributed by atoms with van der Waals surface area (Å²) in [6.45, 7) is 4.00. The highest BCUT2D eigenvalue weighted by molar-refractivity contribution is 7.21. The van der Waals surface area contributed by atoms with Gasteiger partial charge < -0.3 is 10.6 Å². The lowest BCUT2D eigenvalue weighted by atomic mass is 10.1. The van der Waals surface area contributed by atoms with E-state index in [9.17, 15) is 4.79 Å². The Hall–Kier alpha value is -3.26. The van der Waals surface area contributed by atoms with Crippen LogP contribution in [-0.4, -0.2) is 25.9 Å². The number of carbonyl (C=O) groups excluding carboxylic acids is 1. The van der Waals surface area contributed by atoms with Gasteiger partial charge in [-0.05, 0) is 37.6 Å². The Morgan fingerprint density at radius 1 is 1.15 bits per heavy atom. The lowest BCUT2D eigenvalue weighted by Gasteiger charge is -2.24. The molecule has 134 valence electrons. The van der Waals surface area contributed by atoms with Crippen molar-refractivity contribution in [3.05, 3.63) is 64.4 Å². The molecule has 2 N–H and O–H groups in total.